The van der Waals surface area contributed by atoms with Gasteiger partial charge in [0.25, 0.3) is 11.7 Å². The zero-order valence-electron chi connectivity index (χ0n) is 18.2. The molecule has 0 fully saturated rings. The number of aromatic nitrogens is 4. The van der Waals surface area contributed by atoms with Crippen LogP contribution in [0.4, 0.5) is 5.69 Å². The van der Waals surface area contributed by atoms with E-state index in [1.54, 1.807) is 15.6 Å². The Bertz CT molecular complexity index is 1270. The zero-order chi connectivity index (χ0) is 22.7. The molecule has 2 aromatic carbocycles. The minimum atomic E-state index is -0.295. The Kier molecular flexibility index (Phi) is 5.93. The fourth-order valence-electron chi connectivity index (χ4n) is 3.55. The predicted molar refractivity (Wildman–Crippen MR) is 121 cm³/mol. The van der Waals surface area contributed by atoms with Gasteiger partial charge in [-0.25, -0.2) is 9.50 Å². The molecule has 0 saturated heterocycles. The van der Waals surface area contributed by atoms with Crippen LogP contribution in [0.1, 0.15) is 47.3 Å². The van der Waals surface area contributed by atoms with Crippen molar-refractivity contribution in [3.05, 3.63) is 89.5 Å². The molecule has 4 aromatic rings. The molecule has 2 heterocycles. The van der Waals surface area contributed by atoms with Crippen LogP contribution < -0.4 is 5.32 Å². The van der Waals surface area contributed by atoms with Crippen LogP contribution in [-0.4, -0.2) is 36.3 Å². The van der Waals surface area contributed by atoms with E-state index in [1.165, 1.54) is 6.92 Å². The van der Waals surface area contributed by atoms with Gasteiger partial charge in [-0.05, 0) is 43.2 Å². The number of benzene rings is 2. The van der Waals surface area contributed by atoms with Crippen molar-refractivity contribution in [3.63, 3.8) is 0 Å². The Morgan fingerprint density at radius 1 is 1.09 bits per heavy atom. The molecule has 0 aliphatic carbocycles. The first-order valence-corrected chi connectivity index (χ1v) is 10.3. The molecule has 32 heavy (non-hydrogen) atoms. The summed E-state index contributed by atoms with van der Waals surface area (Å²) in [5.41, 5.74) is 3.40. The van der Waals surface area contributed by atoms with E-state index >= 15 is 0 Å². The van der Waals surface area contributed by atoms with E-state index in [2.05, 4.69) is 20.4 Å². The van der Waals surface area contributed by atoms with Crippen LogP contribution in [-0.2, 0) is 11.3 Å². The lowest BCUT2D eigenvalue weighted by Gasteiger charge is -2.29. The number of nitrogens with zero attached hydrogens (tertiary/aromatic N) is 5. The summed E-state index contributed by atoms with van der Waals surface area (Å²) in [4.78, 5) is 35.4. The van der Waals surface area contributed by atoms with E-state index in [9.17, 15) is 9.59 Å². The number of carbonyl (C=O) groups is 2. The summed E-state index contributed by atoms with van der Waals surface area (Å²) in [6.07, 6.45) is 1.64. The molecule has 4 rings (SSSR count). The third-order valence-corrected chi connectivity index (χ3v) is 5.23. The highest BCUT2D eigenvalue weighted by Gasteiger charge is 2.27. The SMILES string of the molecule is CC(=O)Nc1cccc([C@H](C)N(Cc2ccccc2)C(=O)c2nc3nccc(C)n3n2)c1. The minimum absolute atomic E-state index is 0.0904. The smallest absolute Gasteiger partial charge is 0.294 e. The highest BCUT2D eigenvalue weighted by Crippen LogP contribution is 2.26. The average Bonchev–Trinajstić information content (AvgIpc) is 3.23. The summed E-state index contributed by atoms with van der Waals surface area (Å²) in [5.74, 6) is 0.0286. The van der Waals surface area contributed by atoms with E-state index in [1.807, 2.05) is 74.5 Å². The van der Waals surface area contributed by atoms with E-state index < -0.39 is 0 Å². The molecule has 1 atom stereocenters. The van der Waals surface area contributed by atoms with Crippen molar-refractivity contribution >= 4 is 23.3 Å². The van der Waals surface area contributed by atoms with E-state index in [-0.39, 0.29) is 23.7 Å². The quantitative estimate of drug-likeness (QED) is 0.504. The Hall–Kier alpha value is -4.07. The first-order chi connectivity index (χ1) is 15.4. The van der Waals surface area contributed by atoms with E-state index in [4.69, 9.17) is 0 Å². The molecule has 0 spiro atoms. The van der Waals surface area contributed by atoms with Gasteiger partial charge in [-0.1, -0.05) is 42.5 Å². The van der Waals surface area contributed by atoms with Gasteiger partial charge in [0.2, 0.25) is 11.7 Å². The molecule has 162 valence electrons. The predicted octanol–water partition coefficient (Wildman–Crippen LogP) is 3.79. The van der Waals surface area contributed by atoms with Crippen molar-refractivity contribution < 1.29 is 9.59 Å². The van der Waals surface area contributed by atoms with Crippen molar-refractivity contribution in [2.75, 3.05) is 5.32 Å². The molecular formula is C24H24N6O2. The maximum absolute atomic E-state index is 13.6. The van der Waals surface area contributed by atoms with Gasteiger partial charge in [0.05, 0.1) is 6.04 Å². The second kappa shape index (κ2) is 8.97. The summed E-state index contributed by atoms with van der Waals surface area (Å²) in [5, 5.41) is 7.20. The molecule has 8 nitrogen and oxygen atoms in total. The monoisotopic (exact) mass is 428 g/mol. The molecule has 0 bridgehead atoms. The van der Waals surface area contributed by atoms with Crippen molar-refractivity contribution in [3.8, 4) is 0 Å². The van der Waals surface area contributed by atoms with Crippen LogP contribution in [0.15, 0.2) is 66.9 Å². The second-order valence-corrected chi connectivity index (χ2v) is 7.63. The molecule has 8 heteroatoms. The first-order valence-electron chi connectivity index (χ1n) is 10.3. The molecule has 1 N–H and O–H groups in total. The van der Waals surface area contributed by atoms with Gasteiger partial charge in [0, 0.05) is 31.0 Å². The van der Waals surface area contributed by atoms with E-state index in [0.29, 0.717) is 18.0 Å². The topological polar surface area (TPSA) is 92.5 Å². The Morgan fingerprint density at radius 3 is 2.59 bits per heavy atom. The van der Waals surface area contributed by atoms with Gasteiger partial charge in [-0.15, -0.1) is 5.10 Å². The number of carbonyl (C=O) groups excluding carboxylic acids is 2. The van der Waals surface area contributed by atoms with Crippen molar-refractivity contribution in [2.24, 2.45) is 0 Å². The van der Waals surface area contributed by atoms with Crippen LogP contribution >= 0.6 is 0 Å². The van der Waals surface area contributed by atoms with Gasteiger partial charge in [-0.2, -0.15) is 4.98 Å². The fraction of sp³-hybridized carbons (Fsp3) is 0.208. The van der Waals surface area contributed by atoms with E-state index in [0.717, 1.165) is 16.8 Å². The van der Waals surface area contributed by atoms with Gasteiger partial charge >= 0.3 is 0 Å². The maximum atomic E-state index is 13.6. The normalized spacial score (nSPS) is 11.8. The van der Waals surface area contributed by atoms with Crippen LogP contribution in [0.5, 0.6) is 0 Å². The standard InChI is InChI=1S/C24H24N6O2/c1-16-12-13-25-24-27-22(28-30(16)24)23(32)29(15-19-8-5-4-6-9-19)17(2)20-10-7-11-21(14-20)26-18(3)31/h4-14,17H,15H2,1-3H3,(H,26,31)/t17-/m0/s1. The third kappa shape index (κ3) is 4.49. The van der Waals surface area contributed by atoms with Gasteiger partial charge < -0.3 is 10.2 Å². The lowest BCUT2D eigenvalue weighted by molar-refractivity contribution is -0.114. The average molecular weight is 428 g/mol. The number of nitrogens with one attached hydrogen (secondary N) is 1. The second-order valence-electron chi connectivity index (χ2n) is 7.63. The lowest BCUT2D eigenvalue weighted by atomic mass is 10.0. The Morgan fingerprint density at radius 2 is 1.88 bits per heavy atom. The molecular weight excluding hydrogens is 404 g/mol. The minimum Gasteiger partial charge on any atom is -0.326 e. The number of rotatable bonds is 6. The number of aryl methyl sites for hydroxylation is 1. The third-order valence-electron chi connectivity index (χ3n) is 5.23. The largest absolute Gasteiger partial charge is 0.326 e. The summed E-state index contributed by atoms with van der Waals surface area (Å²) >= 11 is 0. The van der Waals surface area contributed by atoms with Crippen LogP contribution in [0.25, 0.3) is 5.78 Å². The molecule has 0 radical (unpaired) electrons. The number of hydrogen-bond donors (Lipinski definition) is 1. The van der Waals surface area contributed by atoms with Crippen molar-refractivity contribution in [1.82, 2.24) is 24.5 Å². The van der Waals surface area contributed by atoms with Crippen molar-refractivity contribution in [2.45, 2.75) is 33.4 Å². The summed E-state index contributed by atoms with van der Waals surface area (Å²) in [6.45, 7) is 5.68. The van der Waals surface area contributed by atoms with Crippen LogP contribution in [0.3, 0.4) is 0 Å². The molecule has 2 amide bonds. The zero-order valence-corrected chi connectivity index (χ0v) is 18.2. The number of anilines is 1. The molecule has 2 aromatic heterocycles. The molecule has 0 saturated carbocycles. The number of hydrogen-bond acceptors (Lipinski definition) is 5. The molecule has 0 aliphatic rings. The number of amides is 2. The molecule has 0 aliphatic heterocycles. The van der Waals surface area contributed by atoms with Gasteiger partial charge in [0.1, 0.15) is 0 Å². The molecule has 0 unspecified atom stereocenters. The summed E-state index contributed by atoms with van der Waals surface area (Å²) in [6, 6.07) is 18.8. The highest BCUT2D eigenvalue weighted by atomic mass is 16.2. The highest BCUT2D eigenvalue weighted by molar-refractivity contribution is 5.91. The fourth-order valence-corrected chi connectivity index (χ4v) is 3.55. The lowest BCUT2D eigenvalue weighted by Crippen LogP contribution is -2.34. The van der Waals surface area contributed by atoms with Gasteiger partial charge in [-0.3, -0.25) is 9.59 Å². The van der Waals surface area contributed by atoms with Crippen LogP contribution in [0.2, 0.25) is 0 Å². The van der Waals surface area contributed by atoms with Crippen molar-refractivity contribution in [1.29, 1.82) is 0 Å². The number of fused-ring (bicyclic) bond motifs is 1. The summed E-state index contributed by atoms with van der Waals surface area (Å²) < 4.78 is 1.57. The maximum Gasteiger partial charge on any atom is 0.294 e. The summed E-state index contributed by atoms with van der Waals surface area (Å²) in [7, 11) is 0. The van der Waals surface area contributed by atoms with Gasteiger partial charge in [0.15, 0.2) is 0 Å². The Labute approximate surface area is 185 Å². The van der Waals surface area contributed by atoms with Crippen LogP contribution in [0, 0.1) is 6.92 Å². The first kappa shape index (κ1) is 21.2. The Balaban J connectivity index is 1.71.